The van der Waals surface area contributed by atoms with Crippen molar-refractivity contribution in [2.24, 2.45) is 0 Å². The Morgan fingerprint density at radius 1 is 0.538 bits per heavy atom. The minimum absolute atomic E-state index is 0.325. The Labute approximate surface area is 149 Å². The third kappa shape index (κ3) is 1.74. The van der Waals surface area contributed by atoms with Crippen LogP contribution in [-0.2, 0) is 0 Å². The van der Waals surface area contributed by atoms with E-state index in [0.717, 1.165) is 32.7 Å². The molecular formula is C24H10F2. The van der Waals surface area contributed by atoms with E-state index in [2.05, 4.69) is 11.8 Å². The van der Waals surface area contributed by atoms with Crippen molar-refractivity contribution >= 4 is 11.1 Å². The fraction of sp³-hybridized carbons (Fsp3) is 0. The fourth-order valence-electron chi connectivity index (χ4n) is 3.98. The maximum atomic E-state index is 13.7. The highest BCUT2D eigenvalue weighted by Crippen LogP contribution is 2.36. The summed E-state index contributed by atoms with van der Waals surface area (Å²) >= 11 is 0. The Kier molecular flexibility index (Phi) is 2.80. The zero-order valence-electron chi connectivity index (χ0n) is 13.5. The van der Waals surface area contributed by atoms with Crippen molar-refractivity contribution in [3.63, 3.8) is 0 Å². The lowest BCUT2D eigenvalue weighted by Gasteiger charge is -2.03. The van der Waals surface area contributed by atoms with Gasteiger partial charge in [0.1, 0.15) is 11.6 Å². The van der Waals surface area contributed by atoms with E-state index in [1.807, 2.05) is 12.1 Å². The maximum Gasteiger partial charge on any atom is 0.123 e. The van der Waals surface area contributed by atoms with Crippen molar-refractivity contribution in [2.45, 2.75) is 0 Å². The number of benzene rings is 3. The molecule has 0 fully saturated rings. The maximum absolute atomic E-state index is 13.7. The molecule has 0 aliphatic heterocycles. The van der Waals surface area contributed by atoms with Crippen molar-refractivity contribution in [3.05, 3.63) is 81.7 Å². The van der Waals surface area contributed by atoms with Crippen LogP contribution in [0.2, 0.25) is 0 Å². The minimum Gasteiger partial charge on any atom is -0.207 e. The lowest BCUT2D eigenvalue weighted by atomic mass is 10.0. The number of hydrogen-bond donors (Lipinski definition) is 0. The summed E-state index contributed by atoms with van der Waals surface area (Å²) in [4.78, 5) is 0. The van der Waals surface area contributed by atoms with Gasteiger partial charge in [-0.25, -0.2) is 8.78 Å². The molecule has 0 saturated heterocycles. The molecule has 0 atom stereocenters. The van der Waals surface area contributed by atoms with Gasteiger partial charge in [0.25, 0.3) is 0 Å². The van der Waals surface area contributed by atoms with Crippen LogP contribution in [0.4, 0.5) is 8.78 Å². The van der Waals surface area contributed by atoms with Gasteiger partial charge in [0, 0.05) is 22.3 Å². The first-order chi connectivity index (χ1) is 12.6. The average Bonchev–Trinajstić information content (AvgIpc) is 3.10. The molecule has 0 aromatic heterocycles. The van der Waals surface area contributed by atoms with Crippen molar-refractivity contribution in [3.8, 4) is 46.9 Å². The first kappa shape index (κ1) is 14.7. The fourth-order valence-corrected chi connectivity index (χ4v) is 3.98. The summed E-state index contributed by atoms with van der Waals surface area (Å²) in [5, 5.41) is 1.75. The Balaban J connectivity index is 1.96. The highest BCUT2D eigenvalue weighted by molar-refractivity contribution is 6.00. The first-order valence-electron chi connectivity index (χ1n) is 8.09. The van der Waals surface area contributed by atoms with E-state index >= 15 is 0 Å². The molecular weight excluding hydrogens is 326 g/mol. The summed E-state index contributed by atoms with van der Waals surface area (Å²) in [6.45, 7) is 0. The van der Waals surface area contributed by atoms with Gasteiger partial charge >= 0.3 is 0 Å². The summed E-state index contributed by atoms with van der Waals surface area (Å²) in [5.74, 6) is 4.74. The van der Waals surface area contributed by atoms with Crippen LogP contribution in [-0.4, -0.2) is 0 Å². The Hall–Kier alpha value is -3.62. The molecule has 2 aliphatic carbocycles. The third-order valence-electron chi connectivity index (χ3n) is 5.07. The standard InChI is InChI=1S/C24H10F2/c1-3-15-19-9-13(25)5-7-17(19)23-12-22-16(4-2)20-10-14(26)6-8-18(20)24(22)11-21(15)23/h1-2,5-12H. The molecule has 0 spiro atoms. The highest BCUT2D eigenvalue weighted by Gasteiger charge is 2.25. The molecule has 26 heavy (non-hydrogen) atoms. The summed E-state index contributed by atoms with van der Waals surface area (Å²) < 4.78 is 27.5. The summed E-state index contributed by atoms with van der Waals surface area (Å²) in [6.07, 6.45) is 11.5. The Morgan fingerprint density at radius 2 is 0.962 bits per heavy atom. The number of halogens is 2. The molecule has 0 unspecified atom stereocenters. The van der Waals surface area contributed by atoms with Crippen LogP contribution in [0.3, 0.4) is 0 Å². The lowest BCUT2D eigenvalue weighted by Crippen LogP contribution is -2.13. The topological polar surface area (TPSA) is 0 Å². The van der Waals surface area contributed by atoms with Crippen molar-refractivity contribution in [1.82, 2.24) is 0 Å². The molecule has 0 bridgehead atoms. The second-order valence-corrected chi connectivity index (χ2v) is 6.36. The van der Waals surface area contributed by atoms with E-state index in [4.69, 9.17) is 12.8 Å². The van der Waals surface area contributed by atoms with E-state index in [1.54, 1.807) is 12.1 Å². The van der Waals surface area contributed by atoms with E-state index in [9.17, 15) is 8.78 Å². The van der Waals surface area contributed by atoms with Gasteiger partial charge in [-0.15, -0.1) is 12.8 Å². The molecule has 0 heterocycles. The van der Waals surface area contributed by atoms with Crippen LogP contribution in [0.15, 0.2) is 48.5 Å². The van der Waals surface area contributed by atoms with E-state index < -0.39 is 0 Å². The second kappa shape index (κ2) is 4.94. The zero-order valence-corrected chi connectivity index (χ0v) is 13.5. The van der Waals surface area contributed by atoms with Crippen molar-refractivity contribution < 1.29 is 8.78 Å². The average molecular weight is 336 g/mol. The number of hydrogen-bond acceptors (Lipinski definition) is 0. The molecule has 120 valence electrons. The van der Waals surface area contributed by atoms with Gasteiger partial charge in [-0.1, -0.05) is 24.0 Å². The van der Waals surface area contributed by atoms with Gasteiger partial charge in [0.05, 0.1) is 0 Å². The SMILES string of the molecule is C#CC1=c2cc3c(cc2-c2ccc(F)cc21)=C(C#C)c1cc(F)ccc1-3. The predicted molar refractivity (Wildman–Crippen MR) is 99.2 cm³/mol. The number of terminal acetylenes is 2. The summed E-state index contributed by atoms with van der Waals surface area (Å²) in [5.41, 5.74) is 6.37. The zero-order chi connectivity index (χ0) is 18.0. The molecule has 0 amide bonds. The van der Waals surface area contributed by atoms with Gasteiger partial charge in [-0.2, -0.15) is 0 Å². The quantitative estimate of drug-likeness (QED) is 0.551. The molecule has 0 nitrogen and oxygen atoms in total. The smallest absolute Gasteiger partial charge is 0.123 e. The Bertz CT molecular complexity index is 1250. The van der Waals surface area contributed by atoms with Gasteiger partial charge < -0.3 is 0 Å². The van der Waals surface area contributed by atoms with Crippen LogP contribution in [0.25, 0.3) is 33.4 Å². The summed E-state index contributed by atoms with van der Waals surface area (Å²) in [7, 11) is 0. The molecule has 0 N–H and O–H groups in total. The largest absolute Gasteiger partial charge is 0.207 e. The third-order valence-corrected chi connectivity index (χ3v) is 5.07. The van der Waals surface area contributed by atoms with E-state index in [-0.39, 0.29) is 11.6 Å². The molecule has 2 aliphatic rings. The van der Waals surface area contributed by atoms with Crippen molar-refractivity contribution in [2.75, 3.05) is 0 Å². The van der Waals surface area contributed by atoms with Gasteiger partial charge in [-0.05, 0) is 69.1 Å². The van der Waals surface area contributed by atoms with E-state index in [1.165, 1.54) is 24.3 Å². The van der Waals surface area contributed by atoms with Crippen LogP contribution >= 0.6 is 0 Å². The van der Waals surface area contributed by atoms with Crippen LogP contribution in [0.5, 0.6) is 0 Å². The van der Waals surface area contributed by atoms with Gasteiger partial charge in [0.2, 0.25) is 0 Å². The van der Waals surface area contributed by atoms with Crippen molar-refractivity contribution in [1.29, 1.82) is 0 Å². The molecule has 3 aromatic rings. The number of rotatable bonds is 0. The normalized spacial score (nSPS) is 12.8. The monoisotopic (exact) mass is 336 g/mol. The van der Waals surface area contributed by atoms with Crippen LogP contribution in [0, 0.1) is 36.3 Å². The Morgan fingerprint density at radius 3 is 1.35 bits per heavy atom. The number of fused-ring (bicyclic) bond motifs is 6. The molecule has 5 rings (SSSR count). The molecule has 3 aromatic carbocycles. The highest BCUT2D eigenvalue weighted by atomic mass is 19.1. The minimum atomic E-state index is -0.325. The lowest BCUT2D eigenvalue weighted by molar-refractivity contribution is 0.627. The van der Waals surface area contributed by atoms with Crippen LogP contribution in [0.1, 0.15) is 11.1 Å². The van der Waals surface area contributed by atoms with Crippen LogP contribution < -0.4 is 10.4 Å². The second-order valence-electron chi connectivity index (χ2n) is 6.36. The first-order valence-corrected chi connectivity index (χ1v) is 8.09. The van der Waals surface area contributed by atoms with Gasteiger partial charge in [-0.3, -0.25) is 0 Å². The summed E-state index contributed by atoms with van der Waals surface area (Å²) in [6, 6.07) is 13.2. The predicted octanol–water partition coefficient (Wildman–Crippen LogP) is 3.59. The molecule has 0 radical (unpaired) electrons. The molecule has 0 saturated carbocycles. The van der Waals surface area contributed by atoms with Gasteiger partial charge in [0.15, 0.2) is 0 Å². The van der Waals surface area contributed by atoms with E-state index in [0.29, 0.717) is 22.3 Å². The molecule has 2 heteroatoms.